The largest absolute Gasteiger partial charge is 0.496 e. The summed E-state index contributed by atoms with van der Waals surface area (Å²) in [5.74, 6) is -2.33. The first-order valence-electron chi connectivity index (χ1n) is 8.71. The zero-order valence-corrected chi connectivity index (χ0v) is 15.8. The smallest absolute Gasteiger partial charge is 0.326 e. The van der Waals surface area contributed by atoms with Gasteiger partial charge in [-0.15, -0.1) is 0 Å². The van der Waals surface area contributed by atoms with Gasteiger partial charge in [0.1, 0.15) is 24.2 Å². The first-order chi connectivity index (χ1) is 13.3. The van der Waals surface area contributed by atoms with Crippen LogP contribution in [0.25, 0.3) is 11.3 Å². The third-order valence-electron chi connectivity index (χ3n) is 4.40. The molecule has 0 unspecified atom stereocenters. The minimum absolute atomic E-state index is 0.227. The minimum atomic E-state index is -1.15. The number of carbonyl (C=O) groups is 2. The Morgan fingerprint density at radius 3 is 2.64 bits per heavy atom. The van der Waals surface area contributed by atoms with Crippen LogP contribution in [0.1, 0.15) is 20.3 Å². The van der Waals surface area contributed by atoms with Gasteiger partial charge in [-0.2, -0.15) is 5.10 Å². The Labute approximate surface area is 160 Å². The van der Waals surface area contributed by atoms with Gasteiger partial charge >= 0.3 is 5.97 Å². The van der Waals surface area contributed by atoms with E-state index in [1.807, 2.05) is 6.92 Å². The molecule has 1 amide bonds. The van der Waals surface area contributed by atoms with Crippen molar-refractivity contribution in [2.45, 2.75) is 32.9 Å². The topological polar surface area (TPSA) is 111 Å². The van der Waals surface area contributed by atoms with E-state index in [2.05, 4.69) is 10.4 Å². The molecule has 150 valence electrons. The molecule has 2 atom stereocenters. The Balaban J connectivity index is 2.28. The van der Waals surface area contributed by atoms with Gasteiger partial charge in [-0.1, -0.05) is 20.3 Å². The first kappa shape index (κ1) is 21.1. The number of halogens is 1. The fourth-order valence-corrected chi connectivity index (χ4v) is 2.62. The Bertz CT molecular complexity index is 928. The van der Waals surface area contributed by atoms with E-state index >= 15 is 0 Å². The summed E-state index contributed by atoms with van der Waals surface area (Å²) in [5, 5.41) is 15.8. The van der Waals surface area contributed by atoms with Gasteiger partial charge in [0.15, 0.2) is 0 Å². The monoisotopic (exact) mass is 391 g/mol. The number of ether oxygens (including phenoxy) is 1. The van der Waals surface area contributed by atoms with E-state index in [9.17, 15) is 23.9 Å². The molecular weight excluding hydrogens is 369 g/mol. The van der Waals surface area contributed by atoms with E-state index in [-0.39, 0.29) is 11.7 Å². The van der Waals surface area contributed by atoms with Gasteiger partial charge in [0.2, 0.25) is 5.91 Å². The molecule has 1 aromatic heterocycles. The number of aromatic nitrogens is 2. The number of nitrogens with zero attached hydrogens (tertiary/aromatic N) is 2. The maximum absolute atomic E-state index is 13.4. The molecule has 1 aromatic carbocycles. The molecule has 2 aromatic rings. The van der Waals surface area contributed by atoms with E-state index < -0.39 is 35.8 Å². The van der Waals surface area contributed by atoms with Crippen molar-refractivity contribution in [1.29, 1.82) is 0 Å². The molecule has 0 bridgehead atoms. The van der Waals surface area contributed by atoms with Crippen molar-refractivity contribution in [2.75, 3.05) is 7.11 Å². The van der Waals surface area contributed by atoms with E-state index in [1.54, 1.807) is 6.92 Å². The van der Waals surface area contributed by atoms with Crippen LogP contribution in [-0.4, -0.2) is 39.9 Å². The lowest BCUT2D eigenvalue weighted by molar-refractivity contribution is -0.143. The first-order valence-corrected chi connectivity index (χ1v) is 8.71. The second-order valence-corrected chi connectivity index (χ2v) is 6.33. The minimum Gasteiger partial charge on any atom is -0.496 e. The van der Waals surface area contributed by atoms with Crippen LogP contribution in [0.15, 0.2) is 35.1 Å². The summed E-state index contributed by atoms with van der Waals surface area (Å²) >= 11 is 0. The molecule has 0 spiro atoms. The highest BCUT2D eigenvalue weighted by Crippen LogP contribution is 2.28. The Kier molecular flexibility index (Phi) is 6.86. The van der Waals surface area contributed by atoms with Gasteiger partial charge in [0, 0.05) is 17.7 Å². The molecule has 9 heteroatoms. The Hall–Kier alpha value is -3.23. The summed E-state index contributed by atoms with van der Waals surface area (Å²) < 4.78 is 19.4. The van der Waals surface area contributed by atoms with Crippen LogP contribution in [0.3, 0.4) is 0 Å². The second-order valence-electron chi connectivity index (χ2n) is 6.33. The maximum atomic E-state index is 13.4. The second kappa shape index (κ2) is 9.12. The number of rotatable bonds is 8. The highest BCUT2D eigenvalue weighted by Gasteiger charge is 2.25. The number of carbonyl (C=O) groups excluding carboxylic acids is 1. The Morgan fingerprint density at radius 1 is 1.32 bits per heavy atom. The van der Waals surface area contributed by atoms with Gasteiger partial charge in [-0.3, -0.25) is 9.59 Å². The highest BCUT2D eigenvalue weighted by molar-refractivity contribution is 5.83. The lowest BCUT2D eigenvalue weighted by Crippen LogP contribution is -2.47. The standard InChI is InChI=1S/C19H22FN3O5/c1-4-11(2)18(19(26)27)21-16(24)10-23-17(25)8-7-14(22-23)13-6-5-12(20)9-15(13)28-3/h5-9,11,18H,4,10H2,1-3H3,(H,21,24)(H,26,27)/t11-,18+/m0/s1. The van der Waals surface area contributed by atoms with Crippen molar-refractivity contribution >= 4 is 11.9 Å². The van der Waals surface area contributed by atoms with Crippen molar-refractivity contribution in [1.82, 2.24) is 15.1 Å². The lowest BCUT2D eigenvalue weighted by atomic mass is 9.99. The van der Waals surface area contributed by atoms with Crippen LogP contribution < -0.4 is 15.6 Å². The van der Waals surface area contributed by atoms with Gasteiger partial charge < -0.3 is 15.2 Å². The summed E-state index contributed by atoms with van der Waals surface area (Å²) in [5.41, 5.74) is 0.220. The van der Waals surface area contributed by atoms with Gasteiger partial charge in [-0.05, 0) is 24.1 Å². The molecule has 28 heavy (non-hydrogen) atoms. The number of carboxylic acids is 1. The molecule has 2 N–H and O–H groups in total. The van der Waals surface area contributed by atoms with Gasteiger partial charge in [0.25, 0.3) is 5.56 Å². The molecule has 0 radical (unpaired) electrons. The van der Waals surface area contributed by atoms with Crippen molar-refractivity contribution in [2.24, 2.45) is 5.92 Å². The summed E-state index contributed by atoms with van der Waals surface area (Å²) in [6, 6.07) is 5.46. The normalized spacial score (nSPS) is 12.9. The SMILES string of the molecule is CC[C@H](C)[C@@H](NC(=O)Cn1nc(-c2ccc(F)cc2OC)ccc1=O)C(=O)O. The number of carboxylic acid groups (broad SMARTS) is 1. The molecule has 0 saturated carbocycles. The third kappa shape index (κ3) is 4.93. The molecule has 2 rings (SSSR count). The molecule has 0 aliphatic rings. The number of amides is 1. The number of hydrogen-bond donors (Lipinski definition) is 2. The number of nitrogens with one attached hydrogen (secondary N) is 1. The van der Waals surface area contributed by atoms with Crippen LogP contribution >= 0.6 is 0 Å². The van der Waals surface area contributed by atoms with Crippen LogP contribution in [-0.2, 0) is 16.1 Å². The van der Waals surface area contributed by atoms with Crippen LogP contribution in [0, 0.1) is 11.7 Å². The lowest BCUT2D eigenvalue weighted by Gasteiger charge is -2.20. The average Bonchev–Trinajstić information content (AvgIpc) is 2.67. The van der Waals surface area contributed by atoms with Crippen molar-refractivity contribution < 1.29 is 23.8 Å². The predicted octanol–water partition coefficient (Wildman–Crippen LogP) is 1.67. The van der Waals surface area contributed by atoms with Crippen LogP contribution in [0.4, 0.5) is 4.39 Å². The average molecular weight is 391 g/mol. The molecule has 1 heterocycles. The highest BCUT2D eigenvalue weighted by atomic mass is 19.1. The Morgan fingerprint density at radius 2 is 2.04 bits per heavy atom. The van der Waals surface area contributed by atoms with Crippen molar-refractivity contribution in [3.8, 4) is 17.0 Å². The quantitative estimate of drug-likeness (QED) is 0.708. The number of aliphatic carboxylic acids is 1. The number of methoxy groups -OCH3 is 1. The molecule has 0 fully saturated rings. The molecule has 0 aliphatic heterocycles. The maximum Gasteiger partial charge on any atom is 0.326 e. The summed E-state index contributed by atoms with van der Waals surface area (Å²) in [6.07, 6.45) is 0.565. The summed E-state index contributed by atoms with van der Waals surface area (Å²) in [6.45, 7) is 3.08. The molecular formula is C19H22FN3O5. The van der Waals surface area contributed by atoms with Crippen molar-refractivity contribution in [3.05, 3.63) is 46.5 Å². The zero-order valence-electron chi connectivity index (χ0n) is 15.8. The molecule has 0 aliphatic carbocycles. The van der Waals surface area contributed by atoms with E-state index in [0.717, 1.165) is 4.68 Å². The predicted molar refractivity (Wildman–Crippen MR) is 99.5 cm³/mol. The molecule has 0 saturated heterocycles. The number of benzene rings is 1. The van der Waals surface area contributed by atoms with Crippen molar-refractivity contribution in [3.63, 3.8) is 0 Å². The third-order valence-corrected chi connectivity index (χ3v) is 4.40. The fourth-order valence-electron chi connectivity index (χ4n) is 2.62. The number of hydrogen-bond acceptors (Lipinski definition) is 5. The van der Waals surface area contributed by atoms with Gasteiger partial charge in [-0.25, -0.2) is 13.9 Å². The van der Waals surface area contributed by atoms with E-state index in [0.29, 0.717) is 17.7 Å². The van der Waals surface area contributed by atoms with E-state index in [1.165, 1.54) is 37.4 Å². The van der Waals surface area contributed by atoms with E-state index in [4.69, 9.17) is 4.74 Å². The summed E-state index contributed by atoms with van der Waals surface area (Å²) in [4.78, 5) is 35.7. The zero-order chi connectivity index (χ0) is 20.8. The van der Waals surface area contributed by atoms with Gasteiger partial charge in [0.05, 0.1) is 12.8 Å². The molecule has 8 nitrogen and oxygen atoms in total. The summed E-state index contributed by atoms with van der Waals surface area (Å²) in [7, 11) is 1.38. The fraction of sp³-hybridized carbons (Fsp3) is 0.368. The van der Waals surface area contributed by atoms with Crippen LogP contribution in [0.2, 0.25) is 0 Å². The van der Waals surface area contributed by atoms with Crippen LogP contribution in [0.5, 0.6) is 5.75 Å².